The number of phenols is 1. The molecule has 118 valence electrons. The predicted molar refractivity (Wildman–Crippen MR) is 80.6 cm³/mol. The maximum absolute atomic E-state index is 11.4. The van der Waals surface area contributed by atoms with E-state index in [0.29, 0.717) is 11.1 Å². The van der Waals surface area contributed by atoms with Gasteiger partial charge in [-0.3, -0.25) is 4.79 Å². The first-order chi connectivity index (χ1) is 10.2. The number of nitrogens with one attached hydrogen (secondary N) is 1. The van der Waals surface area contributed by atoms with Crippen molar-refractivity contribution in [3.8, 4) is 17.6 Å². The van der Waals surface area contributed by atoms with Gasteiger partial charge in [0, 0.05) is 0 Å². The van der Waals surface area contributed by atoms with Gasteiger partial charge in [-0.15, -0.1) is 0 Å². The number of aromatic hydroxyl groups is 1. The fraction of sp³-hybridized carbons (Fsp3) is 0.375. The number of hydrogen-bond acceptors (Lipinski definition) is 4. The van der Waals surface area contributed by atoms with Crippen molar-refractivity contribution in [3.63, 3.8) is 0 Å². The van der Waals surface area contributed by atoms with Gasteiger partial charge in [0.25, 0.3) is 0 Å². The highest BCUT2D eigenvalue weighted by Gasteiger charge is 2.15. The minimum absolute atomic E-state index is 0.0427. The summed E-state index contributed by atoms with van der Waals surface area (Å²) in [5, 5.41) is 20.9. The van der Waals surface area contributed by atoms with E-state index in [9.17, 15) is 14.7 Å². The maximum Gasteiger partial charge on any atom is 0.408 e. The second-order valence-electron chi connectivity index (χ2n) is 5.58. The Balaban J connectivity index is 2.64. The summed E-state index contributed by atoms with van der Waals surface area (Å²) in [5.74, 6) is 4.35. The molecule has 0 unspecified atom stereocenters. The van der Waals surface area contributed by atoms with E-state index >= 15 is 0 Å². The number of phenolic OH excluding ortho intramolecular Hbond substituents is 1. The average Bonchev–Trinajstić information content (AvgIpc) is 2.35. The van der Waals surface area contributed by atoms with Gasteiger partial charge < -0.3 is 20.3 Å². The van der Waals surface area contributed by atoms with E-state index in [1.165, 1.54) is 18.2 Å². The van der Waals surface area contributed by atoms with Crippen molar-refractivity contribution in [2.75, 3.05) is 6.54 Å². The van der Waals surface area contributed by atoms with Crippen molar-refractivity contribution < 1.29 is 24.5 Å². The van der Waals surface area contributed by atoms with Crippen LogP contribution in [0.5, 0.6) is 5.75 Å². The van der Waals surface area contributed by atoms with E-state index in [1.54, 1.807) is 20.8 Å². The van der Waals surface area contributed by atoms with Crippen LogP contribution in [0.2, 0.25) is 0 Å². The Labute approximate surface area is 129 Å². The van der Waals surface area contributed by atoms with Gasteiger partial charge in [0.1, 0.15) is 11.4 Å². The van der Waals surface area contributed by atoms with Crippen LogP contribution in [-0.4, -0.2) is 34.4 Å². The van der Waals surface area contributed by atoms with Crippen LogP contribution >= 0.6 is 0 Å². The molecule has 22 heavy (non-hydrogen) atoms. The van der Waals surface area contributed by atoms with Gasteiger partial charge in [-0.05, 0) is 38.5 Å². The molecule has 3 N–H and O–H groups in total. The smallest absolute Gasteiger partial charge is 0.408 e. The number of rotatable bonds is 3. The topological polar surface area (TPSA) is 95.9 Å². The van der Waals surface area contributed by atoms with Gasteiger partial charge in [-0.2, -0.15) is 0 Å². The van der Waals surface area contributed by atoms with Crippen LogP contribution < -0.4 is 5.32 Å². The zero-order valence-electron chi connectivity index (χ0n) is 12.8. The first kappa shape index (κ1) is 17.4. The Kier molecular flexibility index (Phi) is 5.81. The summed E-state index contributed by atoms with van der Waals surface area (Å²) >= 11 is 0. The van der Waals surface area contributed by atoms with Crippen LogP contribution in [0.1, 0.15) is 31.9 Å². The highest BCUT2D eigenvalue weighted by atomic mass is 16.6. The van der Waals surface area contributed by atoms with Crippen molar-refractivity contribution >= 4 is 12.1 Å². The number of ether oxygens (including phenoxy) is 1. The number of aliphatic carboxylic acids is 1. The van der Waals surface area contributed by atoms with Crippen LogP contribution in [0.4, 0.5) is 4.79 Å². The molecule has 0 saturated heterocycles. The molecular formula is C16H19NO5. The molecule has 1 aromatic carbocycles. The third kappa shape index (κ3) is 6.66. The lowest BCUT2D eigenvalue weighted by Crippen LogP contribution is -2.32. The number of amides is 1. The number of carbonyl (C=O) groups excluding carboxylic acids is 1. The monoisotopic (exact) mass is 305 g/mol. The fourth-order valence-corrected chi connectivity index (χ4v) is 1.54. The summed E-state index contributed by atoms with van der Waals surface area (Å²) in [4.78, 5) is 22.1. The molecule has 0 radical (unpaired) electrons. The van der Waals surface area contributed by atoms with Gasteiger partial charge in [-0.1, -0.05) is 17.9 Å². The summed E-state index contributed by atoms with van der Waals surface area (Å²) in [6, 6.07) is 4.42. The molecule has 0 saturated carbocycles. The van der Waals surface area contributed by atoms with E-state index in [-0.39, 0.29) is 18.7 Å². The lowest BCUT2D eigenvalue weighted by atomic mass is 10.1. The second kappa shape index (κ2) is 7.36. The van der Waals surface area contributed by atoms with Crippen molar-refractivity contribution in [2.24, 2.45) is 0 Å². The normalized spacial score (nSPS) is 10.3. The maximum atomic E-state index is 11.4. The molecule has 6 nitrogen and oxygen atoms in total. The SMILES string of the molecule is CC(C)(C)OC(=O)NCC#Cc1cc(CC(=O)O)ccc1O. The Hall–Kier alpha value is -2.68. The standard InChI is InChI=1S/C16H19NO5/c1-16(2,3)22-15(21)17-8-4-5-12-9-11(10-14(19)20)6-7-13(12)18/h6-7,9,18H,8,10H2,1-3H3,(H,17,21)(H,19,20). The lowest BCUT2D eigenvalue weighted by Gasteiger charge is -2.19. The van der Waals surface area contributed by atoms with Crippen LogP contribution in [0.25, 0.3) is 0 Å². The number of hydrogen-bond donors (Lipinski definition) is 3. The Morgan fingerprint density at radius 1 is 1.32 bits per heavy atom. The Bertz CT molecular complexity index is 620. The van der Waals surface area contributed by atoms with E-state index in [4.69, 9.17) is 9.84 Å². The van der Waals surface area contributed by atoms with E-state index < -0.39 is 17.7 Å². The first-order valence-corrected chi connectivity index (χ1v) is 6.67. The summed E-state index contributed by atoms with van der Waals surface area (Å²) in [6.45, 7) is 5.32. The zero-order valence-corrected chi connectivity index (χ0v) is 12.8. The van der Waals surface area contributed by atoms with Crippen molar-refractivity contribution in [2.45, 2.75) is 32.8 Å². The largest absolute Gasteiger partial charge is 0.507 e. The van der Waals surface area contributed by atoms with Gasteiger partial charge in [0.05, 0.1) is 18.5 Å². The van der Waals surface area contributed by atoms with Crippen molar-refractivity contribution in [1.29, 1.82) is 0 Å². The number of alkyl carbamates (subject to hydrolysis) is 1. The third-order valence-corrected chi connectivity index (χ3v) is 2.36. The molecule has 0 aliphatic heterocycles. The van der Waals surface area contributed by atoms with E-state index in [1.807, 2.05) is 0 Å². The van der Waals surface area contributed by atoms with Crippen LogP contribution in [0.3, 0.4) is 0 Å². The number of benzene rings is 1. The van der Waals surface area contributed by atoms with Crippen LogP contribution in [0, 0.1) is 11.8 Å². The molecule has 0 heterocycles. The molecule has 0 aliphatic rings. The molecule has 0 spiro atoms. The summed E-state index contributed by atoms with van der Waals surface area (Å²) in [5.41, 5.74) is 0.264. The highest BCUT2D eigenvalue weighted by Crippen LogP contribution is 2.17. The highest BCUT2D eigenvalue weighted by molar-refractivity contribution is 5.70. The molecule has 0 aromatic heterocycles. The fourth-order valence-electron chi connectivity index (χ4n) is 1.54. The minimum Gasteiger partial charge on any atom is -0.507 e. The molecule has 1 amide bonds. The van der Waals surface area contributed by atoms with Gasteiger partial charge in [0.2, 0.25) is 0 Å². The third-order valence-electron chi connectivity index (χ3n) is 2.36. The second-order valence-corrected chi connectivity index (χ2v) is 5.58. The van der Waals surface area contributed by atoms with Gasteiger partial charge in [0.15, 0.2) is 0 Å². The minimum atomic E-state index is -0.962. The molecule has 1 aromatic rings. The Morgan fingerprint density at radius 2 is 2.00 bits per heavy atom. The lowest BCUT2D eigenvalue weighted by molar-refractivity contribution is -0.136. The number of carboxylic acid groups (broad SMARTS) is 1. The quantitative estimate of drug-likeness (QED) is 0.741. The summed E-state index contributed by atoms with van der Waals surface area (Å²) < 4.78 is 5.04. The van der Waals surface area contributed by atoms with E-state index in [2.05, 4.69) is 17.2 Å². The van der Waals surface area contributed by atoms with Crippen molar-refractivity contribution in [3.05, 3.63) is 29.3 Å². The number of carboxylic acids is 1. The summed E-state index contributed by atoms with van der Waals surface area (Å²) in [6.07, 6.45) is -0.726. The van der Waals surface area contributed by atoms with Gasteiger partial charge in [-0.25, -0.2) is 4.79 Å². The number of carbonyl (C=O) groups is 2. The molecule has 0 aliphatic carbocycles. The average molecular weight is 305 g/mol. The van der Waals surface area contributed by atoms with Crippen molar-refractivity contribution in [1.82, 2.24) is 5.32 Å². The summed E-state index contributed by atoms with van der Waals surface area (Å²) in [7, 11) is 0. The predicted octanol–water partition coefficient (Wildman–Crippen LogP) is 1.90. The molecule has 0 atom stereocenters. The molecular weight excluding hydrogens is 286 g/mol. The van der Waals surface area contributed by atoms with Gasteiger partial charge >= 0.3 is 12.1 Å². The Morgan fingerprint density at radius 3 is 2.59 bits per heavy atom. The molecule has 0 fully saturated rings. The van der Waals surface area contributed by atoms with Crippen LogP contribution in [0.15, 0.2) is 18.2 Å². The van der Waals surface area contributed by atoms with E-state index in [0.717, 1.165) is 0 Å². The molecule has 6 heteroatoms. The zero-order chi connectivity index (χ0) is 16.8. The van der Waals surface area contributed by atoms with Crippen LogP contribution in [-0.2, 0) is 16.0 Å². The first-order valence-electron chi connectivity index (χ1n) is 6.67. The molecule has 1 rings (SSSR count). The molecule has 0 bridgehead atoms.